The highest BCUT2D eigenvalue weighted by atomic mass is 16.3. The van der Waals surface area contributed by atoms with Gasteiger partial charge in [-0.3, -0.25) is 0 Å². The van der Waals surface area contributed by atoms with Crippen molar-refractivity contribution in [3.05, 3.63) is 59.7 Å². The van der Waals surface area contributed by atoms with Crippen molar-refractivity contribution >= 4 is 0 Å². The summed E-state index contributed by atoms with van der Waals surface area (Å²) in [5.74, 6) is 0. The number of aliphatic hydroxyl groups is 2. The predicted octanol–water partition coefficient (Wildman–Crippen LogP) is 3.81. The summed E-state index contributed by atoms with van der Waals surface area (Å²) in [6.07, 6.45) is 0. The first-order valence-electron chi connectivity index (χ1n) is 6.84. The Kier molecular flexibility index (Phi) is 3.72. The molecule has 0 aromatic heterocycles. The highest BCUT2D eigenvalue weighted by Gasteiger charge is 2.17. The van der Waals surface area contributed by atoms with Gasteiger partial charge < -0.3 is 10.2 Å². The zero-order chi connectivity index (χ0) is 15.0. The van der Waals surface area contributed by atoms with Crippen LogP contribution in [0.1, 0.15) is 38.8 Å². The average molecular weight is 270 g/mol. The van der Waals surface area contributed by atoms with E-state index < -0.39 is 11.2 Å². The average Bonchev–Trinajstić information content (AvgIpc) is 2.37. The van der Waals surface area contributed by atoms with Crippen LogP contribution in [0.25, 0.3) is 11.1 Å². The van der Waals surface area contributed by atoms with Crippen LogP contribution in [-0.4, -0.2) is 10.2 Å². The van der Waals surface area contributed by atoms with Gasteiger partial charge in [0.2, 0.25) is 0 Å². The lowest BCUT2D eigenvalue weighted by Gasteiger charge is -2.19. The van der Waals surface area contributed by atoms with Gasteiger partial charge in [0.25, 0.3) is 0 Å². The Morgan fingerprint density at radius 2 is 1.20 bits per heavy atom. The zero-order valence-electron chi connectivity index (χ0n) is 12.5. The quantitative estimate of drug-likeness (QED) is 0.890. The number of hydrogen-bond acceptors (Lipinski definition) is 2. The zero-order valence-corrected chi connectivity index (χ0v) is 12.5. The minimum absolute atomic E-state index is 0.826. The van der Waals surface area contributed by atoms with Crippen LogP contribution in [0.4, 0.5) is 0 Å². The molecule has 2 N–H and O–H groups in total. The van der Waals surface area contributed by atoms with E-state index in [1.54, 1.807) is 27.7 Å². The second-order valence-corrected chi connectivity index (χ2v) is 6.28. The highest BCUT2D eigenvalue weighted by molar-refractivity contribution is 5.65. The smallest absolute Gasteiger partial charge is 0.0840 e. The lowest BCUT2D eigenvalue weighted by Crippen LogP contribution is -2.15. The molecule has 106 valence electrons. The van der Waals surface area contributed by atoms with Crippen molar-refractivity contribution in [2.75, 3.05) is 0 Å². The van der Waals surface area contributed by atoms with Gasteiger partial charge in [-0.15, -0.1) is 0 Å². The van der Waals surface area contributed by atoms with E-state index in [0.29, 0.717) is 0 Å². The van der Waals surface area contributed by atoms with E-state index in [1.807, 2.05) is 48.5 Å². The van der Waals surface area contributed by atoms with Gasteiger partial charge in [0.05, 0.1) is 11.2 Å². The monoisotopic (exact) mass is 270 g/mol. The molecule has 0 bridgehead atoms. The fraction of sp³-hybridized carbons (Fsp3) is 0.333. The molecule has 0 aliphatic heterocycles. The van der Waals surface area contributed by atoms with Crippen LogP contribution < -0.4 is 0 Å². The SMILES string of the molecule is CC(C)(O)c1ccc(-c2cccc(C(C)(C)O)c2)cc1. The molecule has 2 aromatic rings. The van der Waals surface area contributed by atoms with Crippen LogP contribution in [0.15, 0.2) is 48.5 Å². The van der Waals surface area contributed by atoms with Gasteiger partial charge in [-0.05, 0) is 56.0 Å². The predicted molar refractivity (Wildman–Crippen MR) is 82.4 cm³/mol. The summed E-state index contributed by atoms with van der Waals surface area (Å²) >= 11 is 0. The molecule has 2 rings (SSSR count). The summed E-state index contributed by atoms with van der Waals surface area (Å²) in [5, 5.41) is 20.0. The summed E-state index contributed by atoms with van der Waals surface area (Å²) in [6, 6.07) is 15.8. The number of hydrogen-bond donors (Lipinski definition) is 2. The normalized spacial score (nSPS) is 12.5. The van der Waals surface area contributed by atoms with Crippen LogP contribution in [0.5, 0.6) is 0 Å². The largest absolute Gasteiger partial charge is 0.386 e. The second kappa shape index (κ2) is 5.04. The van der Waals surface area contributed by atoms with Crippen LogP contribution in [-0.2, 0) is 11.2 Å². The molecule has 0 unspecified atom stereocenters. The molecule has 0 radical (unpaired) electrons. The van der Waals surface area contributed by atoms with Crippen molar-refractivity contribution in [3.63, 3.8) is 0 Å². The first-order valence-corrected chi connectivity index (χ1v) is 6.84. The summed E-state index contributed by atoms with van der Waals surface area (Å²) in [5.41, 5.74) is 2.24. The Balaban J connectivity index is 2.38. The van der Waals surface area contributed by atoms with Crippen LogP contribution in [0, 0.1) is 0 Å². The van der Waals surface area contributed by atoms with Crippen LogP contribution >= 0.6 is 0 Å². The summed E-state index contributed by atoms with van der Waals surface area (Å²) in [7, 11) is 0. The van der Waals surface area contributed by atoms with Gasteiger partial charge in [-0.1, -0.05) is 42.5 Å². The molecule has 20 heavy (non-hydrogen) atoms. The van der Waals surface area contributed by atoms with E-state index in [4.69, 9.17) is 0 Å². The molecule has 2 aromatic carbocycles. The van der Waals surface area contributed by atoms with Crippen molar-refractivity contribution in [2.45, 2.75) is 38.9 Å². The van der Waals surface area contributed by atoms with Gasteiger partial charge in [0.1, 0.15) is 0 Å². The minimum Gasteiger partial charge on any atom is -0.386 e. The van der Waals surface area contributed by atoms with E-state index in [9.17, 15) is 10.2 Å². The molecule has 0 atom stereocenters. The third kappa shape index (κ3) is 3.27. The number of benzene rings is 2. The fourth-order valence-electron chi connectivity index (χ4n) is 2.15. The summed E-state index contributed by atoms with van der Waals surface area (Å²) < 4.78 is 0. The summed E-state index contributed by atoms with van der Waals surface area (Å²) in [6.45, 7) is 7.11. The molecule has 0 aliphatic rings. The Labute approximate surface area is 120 Å². The first-order chi connectivity index (χ1) is 9.18. The van der Waals surface area contributed by atoms with E-state index in [0.717, 1.165) is 22.3 Å². The van der Waals surface area contributed by atoms with Crippen molar-refractivity contribution in [1.82, 2.24) is 0 Å². The molecule has 0 amide bonds. The van der Waals surface area contributed by atoms with Crippen molar-refractivity contribution in [2.24, 2.45) is 0 Å². The van der Waals surface area contributed by atoms with Gasteiger partial charge in [0, 0.05) is 0 Å². The van der Waals surface area contributed by atoms with Gasteiger partial charge in [-0.2, -0.15) is 0 Å². The molecule has 2 heteroatoms. The first kappa shape index (κ1) is 14.8. The van der Waals surface area contributed by atoms with Gasteiger partial charge >= 0.3 is 0 Å². The molecule has 0 aliphatic carbocycles. The van der Waals surface area contributed by atoms with E-state index in [1.165, 1.54) is 0 Å². The molecule has 0 spiro atoms. The summed E-state index contributed by atoms with van der Waals surface area (Å²) in [4.78, 5) is 0. The Morgan fingerprint density at radius 3 is 1.70 bits per heavy atom. The van der Waals surface area contributed by atoms with E-state index >= 15 is 0 Å². The van der Waals surface area contributed by atoms with E-state index in [-0.39, 0.29) is 0 Å². The Hall–Kier alpha value is -1.64. The molecule has 2 nitrogen and oxygen atoms in total. The third-order valence-electron chi connectivity index (χ3n) is 3.49. The molecule has 0 heterocycles. The fourth-order valence-corrected chi connectivity index (χ4v) is 2.15. The Morgan fingerprint density at radius 1 is 0.650 bits per heavy atom. The standard InChI is InChI=1S/C18H22O2/c1-17(2,19)15-10-8-13(9-11-15)14-6-5-7-16(12-14)18(3,4)20/h5-12,19-20H,1-4H3. The Bertz CT molecular complexity index is 584. The second-order valence-electron chi connectivity index (χ2n) is 6.28. The highest BCUT2D eigenvalue weighted by Crippen LogP contribution is 2.28. The molecular formula is C18H22O2. The number of rotatable bonds is 3. The molecule has 0 saturated heterocycles. The maximum absolute atomic E-state index is 10.1. The topological polar surface area (TPSA) is 40.5 Å². The minimum atomic E-state index is -0.844. The molecule has 0 saturated carbocycles. The third-order valence-corrected chi connectivity index (χ3v) is 3.49. The van der Waals surface area contributed by atoms with Crippen molar-refractivity contribution < 1.29 is 10.2 Å². The van der Waals surface area contributed by atoms with Crippen LogP contribution in [0.2, 0.25) is 0 Å². The molecule has 0 fully saturated rings. The van der Waals surface area contributed by atoms with Gasteiger partial charge in [0.15, 0.2) is 0 Å². The van der Waals surface area contributed by atoms with E-state index in [2.05, 4.69) is 0 Å². The lowest BCUT2D eigenvalue weighted by atomic mass is 9.92. The van der Waals surface area contributed by atoms with Gasteiger partial charge in [-0.25, -0.2) is 0 Å². The van der Waals surface area contributed by atoms with Crippen molar-refractivity contribution in [3.8, 4) is 11.1 Å². The molecular weight excluding hydrogens is 248 g/mol. The maximum Gasteiger partial charge on any atom is 0.0840 e. The van der Waals surface area contributed by atoms with Crippen LogP contribution in [0.3, 0.4) is 0 Å². The lowest BCUT2D eigenvalue weighted by molar-refractivity contribution is 0.0781. The maximum atomic E-state index is 10.1. The van der Waals surface area contributed by atoms with Crippen molar-refractivity contribution in [1.29, 1.82) is 0 Å².